The van der Waals surface area contributed by atoms with E-state index in [1.54, 1.807) is 49.4 Å². The summed E-state index contributed by atoms with van der Waals surface area (Å²) in [5.41, 5.74) is 1.07. The Labute approximate surface area is 203 Å². The van der Waals surface area contributed by atoms with Crippen LogP contribution in [0, 0.1) is 18.3 Å². The number of rotatable bonds is 8. The SMILES string of the molecule is COc1ccc(/C=C(/C#N)C(=O)OCC(=O)Nc2ccc(C)c(S(=O)(=O)N3CCOCC3)c2)cc1. The molecule has 2 aromatic rings. The Morgan fingerprint density at radius 2 is 1.86 bits per heavy atom. The number of sulfonamides is 1. The molecule has 11 heteroatoms. The van der Waals surface area contributed by atoms with Gasteiger partial charge in [-0.3, -0.25) is 4.79 Å². The molecule has 1 aliphatic heterocycles. The first kappa shape index (κ1) is 25.9. The van der Waals surface area contributed by atoms with Crippen LogP contribution in [0.5, 0.6) is 5.75 Å². The van der Waals surface area contributed by atoms with Gasteiger partial charge >= 0.3 is 5.97 Å². The van der Waals surface area contributed by atoms with Crippen LogP contribution in [0.25, 0.3) is 6.08 Å². The van der Waals surface area contributed by atoms with Gasteiger partial charge in [-0.25, -0.2) is 13.2 Å². The van der Waals surface area contributed by atoms with E-state index in [1.165, 1.54) is 23.6 Å². The van der Waals surface area contributed by atoms with Gasteiger partial charge in [-0.15, -0.1) is 0 Å². The van der Waals surface area contributed by atoms with Crippen molar-refractivity contribution in [3.63, 3.8) is 0 Å². The minimum Gasteiger partial charge on any atom is -0.497 e. The molecule has 0 atom stereocenters. The Balaban J connectivity index is 1.64. The fourth-order valence-electron chi connectivity index (χ4n) is 3.29. The van der Waals surface area contributed by atoms with Crippen LogP contribution in [-0.4, -0.2) is 64.6 Å². The van der Waals surface area contributed by atoms with Gasteiger partial charge in [0, 0.05) is 18.8 Å². The summed E-state index contributed by atoms with van der Waals surface area (Å²) in [6.07, 6.45) is 1.34. The van der Waals surface area contributed by atoms with Crippen LogP contribution in [0.3, 0.4) is 0 Å². The molecule has 0 radical (unpaired) electrons. The molecule has 0 aliphatic carbocycles. The lowest BCUT2D eigenvalue weighted by atomic mass is 10.1. The quantitative estimate of drug-likeness (QED) is 0.331. The molecule has 0 unspecified atom stereocenters. The van der Waals surface area contributed by atoms with Crippen LogP contribution in [-0.2, 0) is 29.1 Å². The number of aryl methyl sites for hydroxylation is 1. The third kappa shape index (κ3) is 6.66. The third-order valence-corrected chi connectivity index (χ3v) is 7.20. The van der Waals surface area contributed by atoms with Gasteiger partial charge in [0.15, 0.2) is 6.61 Å². The number of morpholine rings is 1. The lowest BCUT2D eigenvalue weighted by molar-refractivity contribution is -0.142. The Bertz CT molecular complexity index is 1260. The highest BCUT2D eigenvalue weighted by Gasteiger charge is 2.28. The fraction of sp³-hybridized carbons (Fsp3) is 0.292. The van der Waals surface area contributed by atoms with Crippen LogP contribution >= 0.6 is 0 Å². The molecule has 1 aliphatic rings. The van der Waals surface area contributed by atoms with Gasteiger partial charge in [0.2, 0.25) is 10.0 Å². The summed E-state index contributed by atoms with van der Waals surface area (Å²) in [6, 6.07) is 12.9. The molecule has 3 rings (SSSR count). The zero-order valence-corrected chi connectivity index (χ0v) is 20.1. The van der Waals surface area contributed by atoms with E-state index in [-0.39, 0.29) is 29.2 Å². The second-order valence-electron chi connectivity index (χ2n) is 7.56. The highest BCUT2D eigenvalue weighted by molar-refractivity contribution is 7.89. The van der Waals surface area contributed by atoms with E-state index in [0.717, 1.165) is 0 Å². The molecular weight excluding hydrogens is 474 g/mol. The molecule has 0 aromatic heterocycles. The number of esters is 1. The molecule has 184 valence electrons. The molecule has 0 saturated carbocycles. The normalized spacial score (nSPS) is 14.6. The average Bonchev–Trinajstić information content (AvgIpc) is 2.87. The lowest BCUT2D eigenvalue weighted by Crippen LogP contribution is -2.40. The summed E-state index contributed by atoms with van der Waals surface area (Å²) in [5.74, 6) is -1.02. The summed E-state index contributed by atoms with van der Waals surface area (Å²) in [5, 5.41) is 11.8. The zero-order valence-electron chi connectivity index (χ0n) is 19.3. The second kappa shape index (κ2) is 11.6. The monoisotopic (exact) mass is 499 g/mol. The van der Waals surface area contributed by atoms with Crippen molar-refractivity contribution in [2.75, 3.05) is 45.3 Å². The van der Waals surface area contributed by atoms with Gasteiger partial charge < -0.3 is 19.5 Å². The van der Waals surface area contributed by atoms with Crippen molar-refractivity contribution in [1.82, 2.24) is 4.31 Å². The number of nitrogens with one attached hydrogen (secondary N) is 1. The molecule has 0 spiro atoms. The first-order valence-corrected chi connectivity index (χ1v) is 12.1. The summed E-state index contributed by atoms with van der Waals surface area (Å²) in [7, 11) is -2.24. The molecule has 1 heterocycles. The maximum atomic E-state index is 13.0. The molecule has 1 N–H and O–H groups in total. The predicted molar refractivity (Wildman–Crippen MR) is 127 cm³/mol. The smallest absolute Gasteiger partial charge is 0.349 e. The van der Waals surface area contributed by atoms with Crippen molar-refractivity contribution in [1.29, 1.82) is 5.26 Å². The lowest BCUT2D eigenvalue weighted by Gasteiger charge is -2.26. The van der Waals surface area contributed by atoms with Crippen molar-refractivity contribution < 1.29 is 32.2 Å². The maximum Gasteiger partial charge on any atom is 0.349 e. The number of amides is 1. The minimum absolute atomic E-state index is 0.0726. The number of benzene rings is 2. The third-order valence-electron chi connectivity index (χ3n) is 5.16. The molecule has 1 saturated heterocycles. The number of nitrogens with zero attached hydrogens (tertiary/aromatic N) is 2. The maximum absolute atomic E-state index is 13.0. The minimum atomic E-state index is -3.76. The Hall–Kier alpha value is -3.72. The summed E-state index contributed by atoms with van der Waals surface area (Å²) >= 11 is 0. The van der Waals surface area contributed by atoms with E-state index in [4.69, 9.17) is 14.2 Å². The van der Waals surface area contributed by atoms with E-state index in [1.807, 2.05) is 0 Å². The molecule has 0 bridgehead atoms. The highest BCUT2D eigenvalue weighted by atomic mass is 32.2. The van der Waals surface area contributed by atoms with Crippen LogP contribution in [0.2, 0.25) is 0 Å². The summed E-state index contributed by atoms with van der Waals surface area (Å²) in [6.45, 7) is 2.15. The van der Waals surface area contributed by atoms with Crippen molar-refractivity contribution in [3.05, 3.63) is 59.2 Å². The molecule has 10 nitrogen and oxygen atoms in total. The number of carbonyl (C=O) groups excluding carboxylic acids is 2. The van der Waals surface area contributed by atoms with Gasteiger partial charge in [-0.1, -0.05) is 18.2 Å². The molecule has 2 aromatic carbocycles. The number of ether oxygens (including phenoxy) is 3. The number of hydrogen-bond acceptors (Lipinski definition) is 8. The summed E-state index contributed by atoms with van der Waals surface area (Å²) < 4.78 is 42.6. The zero-order chi connectivity index (χ0) is 25.4. The van der Waals surface area contributed by atoms with Crippen molar-refractivity contribution >= 4 is 33.7 Å². The second-order valence-corrected chi connectivity index (χ2v) is 9.47. The average molecular weight is 500 g/mol. The van der Waals surface area contributed by atoms with Crippen LogP contribution in [0.15, 0.2) is 52.9 Å². The topological polar surface area (TPSA) is 135 Å². The van der Waals surface area contributed by atoms with E-state index in [0.29, 0.717) is 30.1 Å². The molecule has 1 amide bonds. The first-order chi connectivity index (χ1) is 16.7. The number of anilines is 1. The number of methoxy groups -OCH3 is 1. The first-order valence-electron chi connectivity index (χ1n) is 10.7. The van der Waals surface area contributed by atoms with Crippen LogP contribution in [0.1, 0.15) is 11.1 Å². The standard InChI is InChI=1S/C24H25N3O7S/c1-17-3-6-20(14-22(17)35(30,31)27-9-11-33-12-10-27)26-23(28)16-34-24(29)19(15-25)13-18-4-7-21(32-2)8-5-18/h3-8,13-14H,9-12,16H2,1-2H3,(H,26,28)/b19-13-. The predicted octanol–water partition coefficient (Wildman–Crippen LogP) is 2.11. The van der Waals surface area contributed by atoms with E-state index >= 15 is 0 Å². The Morgan fingerprint density at radius 1 is 1.17 bits per heavy atom. The molecule has 1 fully saturated rings. The van der Waals surface area contributed by atoms with Gasteiger partial charge in [-0.05, 0) is 48.4 Å². The highest BCUT2D eigenvalue weighted by Crippen LogP contribution is 2.24. The van der Waals surface area contributed by atoms with Crippen molar-refractivity contribution in [2.24, 2.45) is 0 Å². The Kier molecular flexibility index (Phi) is 8.59. The van der Waals surface area contributed by atoms with Crippen molar-refractivity contribution in [2.45, 2.75) is 11.8 Å². The van der Waals surface area contributed by atoms with E-state index < -0.39 is 28.5 Å². The number of nitriles is 1. The van der Waals surface area contributed by atoms with E-state index in [9.17, 15) is 23.3 Å². The fourth-order valence-corrected chi connectivity index (χ4v) is 4.95. The van der Waals surface area contributed by atoms with Crippen LogP contribution < -0.4 is 10.1 Å². The van der Waals surface area contributed by atoms with Gasteiger partial charge in [-0.2, -0.15) is 9.57 Å². The van der Waals surface area contributed by atoms with Gasteiger partial charge in [0.25, 0.3) is 5.91 Å². The van der Waals surface area contributed by atoms with Gasteiger partial charge in [0.1, 0.15) is 17.4 Å². The molecule has 35 heavy (non-hydrogen) atoms. The number of hydrogen-bond donors (Lipinski definition) is 1. The number of carbonyl (C=O) groups is 2. The largest absolute Gasteiger partial charge is 0.497 e. The van der Waals surface area contributed by atoms with Gasteiger partial charge in [0.05, 0.1) is 25.2 Å². The van der Waals surface area contributed by atoms with E-state index in [2.05, 4.69) is 5.32 Å². The Morgan fingerprint density at radius 3 is 2.49 bits per heavy atom. The van der Waals surface area contributed by atoms with Crippen molar-refractivity contribution in [3.8, 4) is 11.8 Å². The van der Waals surface area contributed by atoms with Crippen LogP contribution in [0.4, 0.5) is 5.69 Å². The summed E-state index contributed by atoms with van der Waals surface area (Å²) in [4.78, 5) is 24.6. The molecular formula is C24H25N3O7S.